The van der Waals surface area contributed by atoms with Crippen molar-refractivity contribution >= 4 is 17.6 Å². The average Bonchev–Trinajstić information content (AvgIpc) is 1.95. The number of rotatable bonds is 2. The quantitative estimate of drug-likeness (QED) is 0.525. The van der Waals surface area contributed by atoms with E-state index >= 15 is 0 Å². The van der Waals surface area contributed by atoms with Gasteiger partial charge in [0.15, 0.2) is 0 Å². The van der Waals surface area contributed by atoms with Crippen molar-refractivity contribution in [3.8, 4) is 0 Å². The second-order valence-corrected chi connectivity index (χ2v) is 2.29. The van der Waals surface area contributed by atoms with Gasteiger partial charge in [-0.3, -0.25) is 0 Å². The van der Waals surface area contributed by atoms with Crippen LogP contribution in [-0.4, -0.2) is 11.2 Å². The summed E-state index contributed by atoms with van der Waals surface area (Å²) in [5.41, 5.74) is 0.814. The van der Waals surface area contributed by atoms with Crippen molar-refractivity contribution < 1.29 is 4.39 Å². The largest absolute Gasteiger partial charge is 0.329 e. The van der Waals surface area contributed by atoms with Crippen LogP contribution in [0.2, 0.25) is 0 Å². The molecule has 1 N–H and O–H groups in total. The maximum absolute atomic E-state index is 12.2. The Balaban J connectivity index is 2.69. The molecular weight excluding hydrogens is 151 g/mol. The molecule has 0 unspecified atom stereocenters. The summed E-state index contributed by atoms with van der Waals surface area (Å²) in [6.45, 7) is 0. The van der Waals surface area contributed by atoms with Gasteiger partial charge in [0.25, 0.3) is 0 Å². The van der Waals surface area contributed by atoms with Crippen LogP contribution in [0, 0.1) is 5.95 Å². The van der Waals surface area contributed by atoms with E-state index in [0.29, 0.717) is 0 Å². The van der Waals surface area contributed by atoms with Gasteiger partial charge in [-0.2, -0.15) is 4.39 Å². The highest BCUT2D eigenvalue weighted by Gasteiger charge is 1.90. The monoisotopic (exact) mass is 158 g/mol. The summed E-state index contributed by atoms with van der Waals surface area (Å²) in [6.07, 6.45) is 3.34. The van der Waals surface area contributed by atoms with Crippen molar-refractivity contribution in [2.75, 3.05) is 11.0 Å². The summed E-state index contributed by atoms with van der Waals surface area (Å²) >= 11 is 1.45. The number of anilines is 1. The van der Waals surface area contributed by atoms with Gasteiger partial charge in [0.05, 0.1) is 11.9 Å². The highest BCUT2D eigenvalue weighted by molar-refractivity contribution is 7.99. The van der Waals surface area contributed by atoms with Crippen molar-refractivity contribution in [1.82, 2.24) is 4.98 Å². The molecule has 0 spiro atoms. The van der Waals surface area contributed by atoms with Crippen LogP contribution in [0.5, 0.6) is 0 Å². The molecule has 10 heavy (non-hydrogen) atoms. The van der Waals surface area contributed by atoms with Gasteiger partial charge in [0.1, 0.15) is 0 Å². The maximum atomic E-state index is 12.2. The predicted molar refractivity (Wildman–Crippen MR) is 41.3 cm³/mol. The van der Waals surface area contributed by atoms with Gasteiger partial charge in [-0.25, -0.2) is 4.98 Å². The summed E-state index contributed by atoms with van der Waals surface area (Å²) in [4.78, 5) is 3.46. The molecule has 54 valence electrons. The summed E-state index contributed by atoms with van der Waals surface area (Å²) in [7, 11) is 0. The van der Waals surface area contributed by atoms with E-state index in [1.807, 2.05) is 6.26 Å². The van der Waals surface area contributed by atoms with Crippen LogP contribution in [0.25, 0.3) is 0 Å². The van der Waals surface area contributed by atoms with E-state index in [1.165, 1.54) is 24.2 Å². The molecule has 4 heteroatoms. The fourth-order valence-electron chi connectivity index (χ4n) is 0.554. The maximum Gasteiger partial charge on any atom is 0.212 e. The van der Waals surface area contributed by atoms with E-state index in [1.54, 1.807) is 6.07 Å². The molecule has 0 fully saturated rings. The van der Waals surface area contributed by atoms with Crippen LogP contribution < -0.4 is 4.72 Å². The first kappa shape index (κ1) is 7.34. The van der Waals surface area contributed by atoms with Crippen LogP contribution in [0.4, 0.5) is 10.1 Å². The molecule has 0 amide bonds. The van der Waals surface area contributed by atoms with Crippen LogP contribution in [0.15, 0.2) is 18.3 Å². The minimum atomic E-state index is -0.452. The Labute approximate surface area is 63.0 Å². The Morgan fingerprint density at radius 2 is 2.40 bits per heavy atom. The van der Waals surface area contributed by atoms with Gasteiger partial charge < -0.3 is 4.72 Å². The lowest BCUT2D eigenvalue weighted by Gasteiger charge is -1.98. The molecule has 1 rings (SSSR count). The van der Waals surface area contributed by atoms with Crippen molar-refractivity contribution in [1.29, 1.82) is 0 Å². The van der Waals surface area contributed by atoms with Gasteiger partial charge in [-0.15, -0.1) is 0 Å². The van der Waals surface area contributed by atoms with Crippen LogP contribution >= 0.6 is 11.9 Å². The number of aromatic nitrogens is 1. The Morgan fingerprint density at radius 1 is 1.60 bits per heavy atom. The molecule has 2 nitrogen and oxygen atoms in total. The lowest BCUT2D eigenvalue weighted by Crippen LogP contribution is -1.86. The molecule has 0 atom stereocenters. The summed E-state index contributed by atoms with van der Waals surface area (Å²) in [5, 5.41) is 0. The highest BCUT2D eigenvalue weighted by Crippen LogP contribution is 2.08. The normalized spacial score (nSPS) is 9.40. The molecule has 0 saturated carbocycles. The molecule has 1 aromatic heterocycles. The van der Waals surface area contributed by atoms with Gasteiger partial charge in [0, 0.05) is 6.26 Å². The zero-order valence-corrected chi connectivity index (χ0v) is 6.28. The second kappa shape index (κ2) is 3.41. The fraction of sp³-hybridized carbons (Fsp3) is 0.167. The zero-order valence-electron chi connectivity index (χ0n) is 5.47. The molecule has 0 aliphatic carbocycles. The second-order valence-electron chi connectivity index (χ2n) is 1.68. The first-order valence-corrected chi connectivity index (χ1v) is 3.96. The molecular formula is C6H7FN2S. The van der Waals surface area contributed by atoms with E-state index in [0.717, 1.165) is 5.69 Å². The first-order valence-electron chi connectivity index (χ1n) is 2.73. The summed E-state index contributed by atoms with van der Waals surface area (Å²) < 4.78 is 15.1. The number of pyridine rings is 1. The zero-order chi connectivity index (χ0) is 7.40. The predicted octanol–water partition coefficient (Wildman–Crippen LogP) is 1.91. The molecule has 0 saturated heterocycles. The molecule has 1 heterocycles. The van der Waals surface area contributed by atoms with Gasteiger partial charge in [-0.05, 0) is 12.1 Å². The Morgan fingerprint density at radius 3 is 2.90 bits per heavy atom. The number of nitrogens with zero attached hydrogens (tertiary/aromatic N) is 1. The third kappa shape index (κ3) is 1.88. The van der Waals surface area contributed by atoms with Crippen LogP contribution in [0.1, 0.15) is 0 Å². The molecule has 0 aliphatic heterocycles. The minimum absolute atomic E-state index is 0.452. The lowest BCUT2D eigenvalue weighted by atomic mass is 10.4. The van der Waals surface area contributed by atoms with Crippen molar-refractivity contribution in [2.24, 2.45) is 0 Å². The van der Waals surface area contributed by atoms with E-state index < -0.39 is 5.95 Å². The summed E-state index contributed by atoms with van der Waals surface area (Å²) in [6, 6.07) is 2.96. The van der Waals surface area contributed by atoms with Crippen LogP contribution in [-0.2, 0) is 0 Å². The number of hydrogen-bond acceptors (Lipinski definition) is 3. The summed E-state index contributed by atoms with van der Waals surface area (Å²) in [5.74, 6) is -0.452. The fourth-order valence-corrected chi connectivity index (χ4v) is 0.910. The van der Waals surface area contributed by atoms with Crippen molar-refractivity contribution in [3.63, 3.8) is 0 Å². The van der Waals surface area contributed by atoms with Crippen LogP contribution in [0.3, 0.4) is 0 Å². The SMILES string of the molecule is CSNc1ccc(F)nc1. The minimum Gasteiger partial charge on any atom is -0.329 e. The number of hydrogen-bond donors (Lipinski definition) is 1. The third-order valence-corrected chi connectivity index (χ3v) is 1.39. The Bertz CT molecular complexity index is 199. The first-order chi connectivity index (χ1) is 4.83. The topological polar surface area (TPSA) is 24.9 Å². The average molecular weight is 158 g/mol. The molecule has 0 aliphatic rings. The van der Waals surface area contributed by atoms with E-state index in [2.05, 4.69) is 9.71 Å². The van der Waals surface area contributed by atoms with E-state index in [-0.39, 0.29) is 0 Å². The van der Waals surface area contributed by atoms with E-state index in [9.17, 15) is 4.39 Å². The number of halogens is 1. The van der Waals surface area contributed by atoms with E-state index in [4.69, 9.17) is 0 Å². The van der Waals surface area contributed by atoms with Crippen molar-refractivity contribution in [3.05, 3.63) is 24.3 Å². The standard InChI is InChI=1S/C6H7FN2S/c1-10-9-5-2-3-6(7)8-4-5/h2-4,9H,1H3. The Kier molecular flexibility index (Phi) is 2.50. The van der Waals surface area contributed by atoms with Gasteiger partial charge in [0.2, 0.25) is 5.95 Å². The smallest absolute Gasteiger partial charge is 0.212 e. The van der Waals surface area contributed by atoms with Gasteiger partial charge >= 0.3 is 0 Å². The highest BCUT2D eigenvalue weighted by atomic mass is 32.2. The lowest BCUT2D eigenvalue weighted by molar-refractivity contribution is 0.584. The molecule has 0 bridgehead atoms. The molecule has 0 aromatic carbocycles. The van der Waals surface area contributed by atoms with Crippen molar-refractivity contribution in [2.45, 2.75) is 0 Å². The Hall–Kier alpha value is -0.770. The van der Waals surface area contributed by atoms with Gasteiger partial charge in [-0.1, -0.05) is 11.9 Å². The molecule has 1 aromatic rings. The molecule has 0 radical (unpaired) electrons. The number of nitrogens with one attached hydrogen (secondary N) is 1. The third-order valence-electron chi connectivity index (χ3n) is 0.947.